The summed E-state index contributed by atoms with van der Waals surface area (Å²) in [6.07, 6.45) is -0.147. The predicted octanol–water partition coefficient (Wildman–Crippen LogP) is 12.6. The summed E-state index contributed by atoms with van der Waals surface area (Å²) in [7, 11) is 2.16. The maximum atomic E-state index is 5.28. The average molecular weight is 780 g/mol. The van der Waals surface area contributed by atoms with Crippen LogP contribution in [0.2, 0.25) is 0 Å². The Kier molecular flexibility index (Phi) is 8.04. The molecule has 0 radical (unpaired) electrons. The molecule has 0 saturated carbocycles. The quantitative estimate of drug-likeness (QED) is 0.173. The zero-order valence-electron chi connectivity index (χ0n) is 33.8. The Morgan fingerprint density at radius 3 is 1.67 bits per heavy atom. The minimum absolute atomic E-state index is 0.147. The molecule has 9 aromatic carbocycles. The topological polar surface area (TPSA) is 18.8 Å². The lowest BCUT2D eigenvalue weighted by molar-refractivity contribution is 0.351. The van der Waals surface area contributed by atoms with E-state index in [0.717, 1.165) is 21.8 Å². The van der Waals surface area contributed by atoms with Crippen LogP contribution in [0.3, 0.4) is 0 Å². The molecule has 0 bridgehead atoms. The molecular formula is C58H41N3. The number of hydrogen-bond donors (Lipinski definition) is 0. The van der Waals surface area contributed by atoms with Gasteiger partial charge in [-0.2, -0.15) is 0 Å². The fourth-order valence-electron chi connectivity index (χ4n) is 10.4. The number of anilines is 3. The van der Waals surface area contributed by atoms with Crippen molar-refractivity contribution in [2.75, 3.05) is 11.9 Å². The number of nitrogens with zero attached hydrogens (tertiary/aromatic N) is 3. The monoisotopic (exact) mass is 779 g/mol. The van der Waals surface area contributed by atoms with Gasteiger partial charge in [-0.3, -0.25) is 4.99 Å². The standard InChI is InChI=1S/C58H41N3/c1-60-56(41-17-4-2-5-18-41)47-24-9-13-28-53(47)59-57(60)44-20-16-19-42(37-44)39-31-33-40(34-32-39)43-35-36-50-48(38-43)46-23-8-10-25-49(46)58(50)51-26-11-14-29-54(51)61(45-21-6-3-7-22-45)55-30-15-12-27-52(55)58/h2-38,57H,1H3. The molecule has 3 aliphatic rings. The van der Waals surface area contributed by atoms with E-state index in [0.29, 0.717) is 0 Å². The fourth-order valence-corrected chi connectivity index (χ4v) is 10.4. The van der Waals surface area contributed by atoms with Crippen LogP contribution in [0.5, 0.6) is 0 Å². The minimum Gasteiger partial charge on any atom is -0.348 e. The van der Waals surface area contributed by atoms with E-state index in [2.05, 4.69) is 241 Å². The summed E-state index contributed by atoms with van der Waals surface area (Å²) in [5, 5.41) is 2.18. The number of benzene rings is 9. The van der Waals surface area contributed by atoms with Crippen LogP contribution in [-0.4, -0.2) is 11.9 Å². The second-order valence-corrected chi connectivity index (χ2v) is 16.3. The number of para-hydroxylation sites is 4. The van der Waals surface area contributed by atoms with Crippen molar-refractivity contribution in [2.45, 2.75) is 11.6 Å². The molecule has 0 aromatic heterocycles. The molecule has 3 heteroatoms. The summed E-state index contributed by atoms with van der Waals surface area (Å²) in [6.45, 7) is 0. The van der Waals surface area contributed by atoms with Crippen molar-refractivity contribution in [3.05, 3.63) is 268 Å². The van der Waals surface area contributed by atoms with Crippen molar-refractivity contribution >= 4 is 22.8 Å². The van der Waals surface area contributed by atoms with Crippen molar-refractivity contribution in [3.8, 4) is 33.4 Å². The Morgan fingerprint density at radius 1 is 0.410 bits per heavy atom. The smallest absolute Gasteiger partial charge is 0.147 e. The molecule has 3 nitrogen and oxygen atoms in total. The van der Waals surface area contributed by atoms with Gasteiger partial charge in [-0.05, 0) is 109 Å². The molecule has 288 valence electrons. The third kappa shape index (κ3) is 5.34. The second kappa shape index (κ2) is 13.9. The summed E-state index contributed by atoms with van der Waals surface area (Å²) >= 11 is 0. The van der Waals surface area contributed by atoms with Gasteiger partial charge in [-0.25, -0.2) is 0 Å². The Labute approximate surface area is 356 Å². The van der Waals surface area contributed by atoms with E-state index in [-0.39, 0.29) is 6.17 Å². The molecule has 9 aromatic rings. The highest BCUT2D eigenvalue weighted by molar-refractivity contribution is 5.96. The van der Waals surface area contributed by atoms with Gasteiger partial charge >= 0.3 is 0 Å². The van der Waals surface area contributed by atoms with Crippen molar-refractivity contribution in [3.63, 3.8) is 0 Å². The van der Waals surface area contributed by atoms with Crippen LogP contribution in [0.1, 0.15) is 39.5 Å². The van der Waals surface area contributed by atoms with Crippen LogP contribution in [0.15, 0.2) is 229 Å². The summed E-state index contributed by atoms with van der Waals surface area (Å²) in [4.78, 5) is 10.0. The first-order chi connectivity index (χ1) is 30.2. The Morgan fingerprint density at radius 2 is 0.951 bits per heavy atom. The highest BCUT2D eigenvalue weighted by Crippen LogP contribution is 2.63. The van der Waals surface area contributed by atoms with Crippen molar-refractivity contribution in [1.29, 1.82) is 0 Å². The molecule has 0 fully saturated rings. The first-order valence-corrected chi connectivity index (χ1v) is 21.1. The molecular weight excluding hydrogens is 739 g/mol. The van der Waals surface area contributed by atoms with E-state index in [9.17, 15) is 0 Å². The molecule has 2 heterocycles. The largest absolute Gasteiger partial charge is 0.348 e. The van der Waals surface area contributed by atoms with Gasteiger partial charge in [0, 0.05) is 18.0 Å². The van der Waals surface area contributed by atoms with Gasteiger partial charge in [0.1, 0.15) is 6.17 Å². The molecule has 2 aliphatic heterocycles. The van der Waals surface area contributed by atoms with Crippen molar-refractivity contribution in [1.82, 2.24) is 4.90 Å². The highest BCUT2D eigenvalue weighted by atomic mass is 15.2. The molecule has 0 saturated heterocycles. The van der Waals surface area contributed by atoms with E-state index < -0.39 is 5.41 Å². The zero-order chi connectivity index (χ0) is 40.5. The van der Waals surface area contributed by atoms with Gasteiger partial charge in [0.05, 0.1) is 27.8 Å². The van der Waals surface area contributed by atoms with Crippen LogP contribution >= 0.6 is 0 Å². The van der Waals surface area contributed by atoms with Crippen LogP contribution in [0, 0.1) is 0 Å². The molecule has 1 aliphatic carbocycles. The predicted molar refractivity (Wildman–Crippen MR) is 250 cm³/mol. The Hall–Kier alpha value is -7.75. The van der Waals surface area contributed by atoms with Gasteiger partial charge in [-0.15, -0.1) is 0 Å². The zero-order valence-corrected chi connectivity index (χ0v) is 33.8. The van der Waals surface area contributed by atoms with Gasteiger partial charge in [0.25, 0.3) is 0 Å². The maximum absolute atomic E-state index is 5.28. The number of rotatable bonds is 5. The third-order valence-electron chi connectivity index (χ3n) is 13.1. The maximum Gasteiger partial charge on any atom is 0.147 e. The van der Waals surface area contributed by atoms with E-state index in [1.54, 1.807) is 0 Å². The van der Waals surface area contributed by atoms with Crippen LogP contribution in [-0.2, 0) is 5.41 Å². The molecule has 0 amide bonds. The first kappa shape index (κ1) is 35.2. The summed E-state index contributed by atoms with van der Waals surface area (Å²) < 4.78 is 0. The first-order valence-electron chi connectivity index (χ1n) is 21.1. The summed E-state index contributed by atoms with van der Waals surface area (Å²) in [6, 6.07) is 82.1. The fraction of sp³-hybridized carbons (Fsp3) is 0.0517. The highest BCUT2D eigenvalue weighted by Gasteiger charge is 2.51. The second-order valence-electron chi connectivity index (χ2n) is 16.3. The SMILES string of the molecule is CN1C(c2ccccc2)=c2ccccc2=NC1c1cccc(-c2ccc(-c3ccc4c(c3)-c3ccccc3C43c4ccccc4N(c4ccccc4)c4ccccc43)cc2)c1. The number of hydrogen-bond acceptors (Lipinski definition) is 3. The molecule has 1 unspecified atom stereocenters. The lowest BCUT2D eigenvalue weighted by atomic mass is 9.64. The minimum atomic E-state index is -0.460. The average Bonchev–Trinajstić information content (AvgIpc) is 3.62. The molecule has 1 spiro atoms. The van der Waals surface area contributed by atoms with Crippen molar-refractivity contribution < 1.29 is 0 Å². The summed E-state index contributed by atoms with van der Waals surface area (Å²) in [5.41, 5.74) is 19.3. The number of fused-ring (bicyclic) bond motifs is 10. The molecule has 61 heavy (non-hydrogen) atoms. The van der Waals surface area contributed by atoms with Crippen LogP contribution in [0.4, 0.5) is 17.1 Å². The van der Waals surface area contributed by atoms with Gasteiger partial charge in [0.2, 0.25) is 0 Å². The van der Waals surface area contributed by atoms with Gasteiger partial charge in [0.15, 0.2) is 0 Å². The van der Waals surface area contributed by atoms with Crippen molar-refractivity contribution in [2.24, 2.45) is 4.99 Å². The third-order valence-corrected chi connectivity index (χ3v) is 13.1. The van der Waals surface area contributed by atoms with E-state index in [1.807, 2.05) is 0 Å². The molecule has 12 rings (SSSR count). The van der Waals surface area contributed by atoms with Gasteiger partial charge < -0.3 is 9.80 Å². The molecule has 1 atom stereocenters. The van der Waals surface area contributed by atoms with Crippen LogP contribution < -0.4 is 15.5 Å². The normalized spacial score (nSPS) is 15.3. The summed E-state index contributed by atoms with van der Waals surface area (Å²) in [5.74, 6) is 0. The Balaban J connectivity index is 0.925. The Bertz CT molecular complexity index is 3230. The molecule has 0 N–H and O–H groups in total. The van der Waals surface area contributed by atoms with Gasteiger partial charge in [-0.1, -0.05) is 182 Å². The van der Waals surface area contributed by atoms with E-state index >= 15 is 0 Å². The van der Waals surface area contributed by atoms with E-state index in [1.165, 1.54) is 78.3 Å². The van der Waals surface area contributed by atoms with Crippen LogP contribution in [0.25, 0.3) is 39.1 Å². The lowest BCUT2D eigenvalue weighted by Crippen LogP contribution is -2.40. The lowest BCUT2D eigenvalue weighted by Gasteiger charge is -2.45. The van der Waals surface area contributed by atoms with E-state index in [4.69, 9.17) is 4.99 Å².